The van der Waals surface area contributed by atoms with Gasteiger partial charge in [0.2, 0.25) is 11.8 Å². The Hall–Kier alpha value is -0.718. The SMILES string of the molecule is COc1nc(OC)c(C)[c]([Al])c1C. The summed E-state index contributed by atoms with van der Waals surface area (Å²) in [7, 11) is 3.21. The molecule has 0 aliphatic carbocycles. The molecule has 0 aliphatic rings. The molecule has 1 aromatic rings. The molecule has 2 radical (unpaired) electrons. The fourth-order valence-corrected chi connectivity index (χ4v) is 1.42. The first kappa shape index (κ1) is 10.4. The van der Waals surface area contributed by atoms with E-state index in [1.807, 2.05) is 13.8 Å². The van der Waals surface area contributed by atoms with Crippen LogP contribution in [0.5, 0.6) is 11.8 Å². The molecule has 0 aromatic carbocycles. The molecule has 0 saturated heterocycles. The molecular weight excluding hydrogens is 181 g/mol. The van der Waals surface area contributed by atoms with Crippen LogP contribution in [0.25, 0.3) is 0 Å². The van der Waals surface area contributed by atoms with Gasteiger partial charge in [-0.25, -0.2) is 0 Å². The average molecular weight is 193 g/mol. The Kier molecular flexibility index (Phi) is 3.18. The summed E-state index contributed by atoms with van der Waals surface area (Å²) in [5.41, 5.74) is 2.07. The van der Waals surface area contributed by atoms with Gasteiger partial charge in [0.15, 0.2) is 16.3 Å². The molecule has 0 spiro atoms. The van der Waals surface area contributed by atoms with Crippen molar-refractivity contribution >= 4 is 20.7 Å². The Morgan fingerprint density at radius 1 is 1.00 bits per heavy atom. The summed E-state index contributed by atoms with van der Waals surface area (Å²) < 4.78 is 11.3. The first-order valence-corrected chi connectivity index (χ1v) is 4.54. The highest BCUT2D eigenvalue weighted by Gasteiger charge is 2.10. The topological polar surface area (TPSA) is 31.4 Å². The van der Waals surface area contributed by atoms with Crippen LogP contribution in [0.3, 0.4) is 0 Å². The molecule has 13 heavy (non-hydrogen) atoms. The second kappa shape index (κ2) is 3.99. The van der Waals surface area contributed by atoms with Crippen molar-refractivity contribution in [2.75, 3.05) is 14.2 Å². The maximum Gasteiger partial charge on any atom is 0.217 e. The van der Waals surface area contributed by atoms with Gasteiger partial charge in [0, 0.05) is 0 Å². The molecule has 4 heteroatoms. The quantitative estimate of drug-likeness (QED) is 0.641. The Morgan fingerprint density at radius 3 is 1.69 bits per heavy atom. The molecule has 0 bridgehead atoms. The van der Waals surface area contributed by atoms with E-state index in [1.54, 1.807) is 14.2 Å². The van der Waals surface area contributed by atoms with Gasteiger partial charge in [0.1, 0.15) is 0 Å². The first-order chi connectivity index (χ1) is 6.11. The van der Waals surface area contributed by atoms with E-state index < -0.39 is 0 Å². The van der Waals surface area contributed by atoms with Crippen LogP contribution in [0.2, 0.25) is 0 Å². The molecule has 1 heterocycles. The van der Waals surface area contributed by atoms with Crippen molar-refractivity contribution in [3.8, 4) is 11.8 Å². The molecule has 3 nitrogen and oxygen atoms in total. The van der Waals surface area contributed by atoms with Crippen molar-refractivity contribution in [3.63, 3.8) is 0 Å². The van der Waals surface area contributed by atoms with Crippen molar-refractivity contribution in [2.45, 2.75) is 13.8 Å². The Balaban J connectivity index is 3.36. The predicted octanol–water partition coefficient (Wildman–Crippen LogP) is 0.509. The maximum absolute atomic E-state index is 5.12. The number of methoxy groups -OCH3 is 2. The first-order valence-electron chi connectivity index (χ1n) is 3.96. The average Bonchev–Trinajstić information content (AvgIpc) is 2.15. The number of rotatable bonds is 2. The molecule has 0 N–H and O–H groups in total. The van der Waals surface area contributed by atoms with E-state index in [0.29, 0.717) is 11.8 Å². The van der Waals surface area contributed by atoms with Crippen molar-refractivity contribution in [2.24, 2.45) is 0 Å². The van der Waals surface area contributed by atoms with Crippen molar-refractivity contribution < 1.29 is 9.47 Å². The fourth-order valence-electron chi connectivity index (χ4n) is 1.17. The number of ether oxygens (including phenoxy) is 2. The van der Waals surface area contributed by atoms with Gasteiger partial charge in [-0.1, -0.05) is 0 Å². The van der Waals surface area contributed by atoms with Gasteiger partial charge in [-0.05, 0) is 25.0 Å². The minimum absolute atomic E-state index is 0.618. The van der Waals surface area contributed by atoms with E-state index in [9.17, 15) is 0 Å². The zero-order chi connectivity index (χ0) is 10.0. The van der Waals surface area contributed by atoms with Crippen LogP contribution >= 0.6 is 0 Å². The van der Waals surface area contributed by atoms with E-state index in [4.69, 9.17) is 9.47 Å². The highest BCUT2D eigenvalue weighted by atomic mass is 27.0. The number of hydrogen-bond donors (Lipinski definition) is 0. The monoisotopic (exact) mass is 193 g/mol. The third-order valence-corrected chi connectivity index (χ3v) is 2.91. The van der Waals surface area contributed by atoms with Crippen LogP contribution in [0.4, 0.5) is 0 Å². The highest BCUT2D eigenvalue weighted by Crippen LogP contribution is 2.20. The van der Waals surface area contributed by atoms with Gasteiger partial charge in [-0.15, -0.1) is 4.43 Å². The van der Waals surface area contributed by atoms with Crippen molar-refractivity contribution in [1.82, 2.24) is 4.98 Å². The van der Waals surface area contributed by atoms with Crippen LogP contribution in [0, 0.1) is 13.8 Å². The lowest BCUT2D eigenvalue weighted by Crippen LogP contribution is -2.16. The molecular formula is C9H12AlNO2. The zero-order valence-corrected chi connectivity index (χ0v) is 9.50. The second-order valence-corrected chi connectivity index (χ2v) is 3.37. The minimum Gasteiger partial charge on any atom is -0.481 e. The van der Waals surface area contributed by atoms with E-state index in [0.717, 1.165) is 15.6 Å². The molecule has 0 saturated carbocycles. The van der Waals surface area contributed by atoms with Crippen molar-refractivity contribution in [3.05, 3.63) is 11.1 Å². The van der Waals surface area contributed by atoms with E-state index in [2.05, 4.69) is 21.3 Å². The maximum atomic E-state index is 5.12. The summed E-state index contributed by atoms with van der Waals surface area (Å²) >= 11 is 2.67. The van der Waals surface area contributed by atoms with Crippen LogP contribution < -0.4 is 13.9 Å². The van der Waals surface area contributed by atoms with Gasteiger partial charge < -0.3 is 9.47 Å². The summed E-state index contributed by atoms with van der Waals surface area (Å²) in [5.74, 6) is 1.24. The van der Waals surface area contributed by atoms with Gasteiger partial charge in [0.25, 0.3) is 0 Å². The highest BCUT2D eigenvalue weighted by molar-refractivity contribution is 6.34. The van der Waals surface area contributed by atoms with Crippen LogP contribution in [-0.2, 0) is 0 Å². The standard InChI is InChI=1S/C9H12NO2.Al/c1-6-5-7(2)9(12-4)10-8(6)11-3;/h1-4H3;. The minimum atomic E-state index is 0.618. The second-order valence-electron chi connectivity index (χ2n) is 2.79. The molecule has 68 valence electrons. The van der Waals surface area contributed by atoms with E-state index >= 15 is 0 Å². The molecule has 1 aromatic heterocycles. The summed E-state index contributed by atoms with van der Waals surface area (Å²) in [6, 6.07) is 0. The number of hydrogen-bond acceptors (Lipinski definition) is 3. The summed E-state index contributed by atoms with van der Waals surface area (Å²) in [6.07, 6.45) is 0. The Morgan fingerprint density at radius 2 is 1.38 bits per heavy atom. The van der Waals surface area contributed by atoms with Gasteiger partial charge in [-0.3, -0.25) is 0 Å². The molecule has 0 unspecified atom stereocenters. The molecule has 0 aliphatic heterocycles. The smallest absolute Gasteiger partial charge is 0.217 e. The summed E-state index contributed by atoms with van der Waals surface area (Å²) in [6.45, 7) is 3.95. The Labute approximate surface area is 86.5 Å². The predicted molar refractivity (Wildman–Crippen MR) is 52.2 cm³/mol. The third kappa shape index (κ3) is 1.79. The number of nitrogens with zero attached hydrogens (tertiary/aromatic N) is 1. The Bertz CT molecular complexity index is 298. The van der Waals surface area contributed by atoms with Gasteiger partial charge in [-0.2, -0.15) is 4.98 Å². The molecule has 1 rings (SSSR count). The third-order valence-electron chi connectivity index (χ3n) is 2.04. The summed E-state index contributed by atoms with van der Waals surface area (Å²) in [5, 5.41) is 0. The number of pyridine rings is 1. The van der Waals surface area contributed by atoms with Crippen molar-refractivity contribution in [1.29, 1.82) is 0 Å². The van der Waals surface area contributed by atoms with Gasteiger partial charge in [0.05, 0.1) is 14.2 Å². The fraction of sp³-hybridized carbons (Fsp3) is 0.444. The summed E-state index contributed by atoms with van der Waals surface area (Å²) in [4.78, 5) is 4.21. The zero-order valence-electron chi connectivity index (χ0n) is 8.34. The molecule has 0 fully saturated rings. The van der Waals surface area contributed by atoms with E-state index in [1.165, 1.54) is 0 Å². The van der Waals surface area contributed by atoms with Crippen LogP contribution in [0.15, 0.2) is 0 Å². The van der Waals surface area contributed by atoms with E-state index in [-0.39, 0.29) is 0 Å². The lowest BCUT2D eigenvalue weighted by Gasteiger charge is -2.13. The normalized spacial score (nSPS) is 9.85. The molecule has 0 atom stereocenters. The number of aromatic nitrogens is 1. The lowest BCUT2D eigenvalue weighted by atomic mass is 10.2. The van der Waals surface area contributed by atoms with Crippen LogP contribution in [0.1, 0.15) is 11.1 Å². The van der Waals surface area contributed by atoms with Crippen LogP contribution in [-0.4, -0.2) is 35.5 Å². The lowest BCUT2D eigenvalue weighted by molar-refractivity contribution is 0.361. The largest absolute Gasteiger partial charge is 0.481 e. The molecule has 0 amide bonds. The van der Waals surface area contributed by atoms with Gasteiger partial charge >= 0.3 is 0 Å².